The van der Waals surface area contributed by atoms with Crippen molar-refractivity contribution in [1.29, 1.82) is 0 Å². The van der Waals surface area contributed by atoms with Crippen molar-refractivity contribution in [2.75, 3.05) is 20.2 Å². The Morgan fingerprint density at radius 2 is 1.38 bits per heavy atom. The van der Waals surface area contributed by atoms with Crippen LogP contribution >= 0.6 is 0 Å². The first-order valence-electron chi connectivity index (χ1n) is 15.0. The number of methoxy groups -OCH3 is 1. The van der Waals surface area contributed by atoms with Crippen molar-refractivity contribution in [3.8, 4) is 28.4 Å². The van der Waals surface area contributed by atoms with Crippen LogP contribution in [0.2, 0.25) is 0 Å². The van der Waals surface area contributed by atoms with Gasteiger partial charge in [-0.25, -0.2) is 4.79 Å². The van der Waals surface area contributed by atoms with Gasteiger partial charge in [-0.1, -0.05) is 48.5 Å². The summed E-state index contributed by atoms with van der Waals surface area (Å²) in [6.07, 6.45) is -3.47. The number of benzene rings is 4. The third-order valence-electron chi connectivity index (χ3n) is 7.46. The number of alkyl halides is 3. The van der Waals surface area contributed by atoms with Crippen LogP contribution in [0.1, 0.15) is 46.3 Å². The maximum atomic E-state index is 13.1. The Hall–Kier alpha value is -5.03. The molecule has 4 rings (SSSR count). The van der Waals surface area contributed by atoms with Crippen LogP contribution in [-0.2, 0) is 24.4 Å². The van der Waals surface area contributed by atoms with E-state index in [9.17, 15) is 27.9 Å². The van der Waals surface area contributed by atoms with Gasteiger partial charge in [0.05, 0.1) is 12.7 Å². The summed E-state index contributed by atoms with van der Waals surface area (Å²) in [5.74, 6) is -1.11. The molecular formula is C36H36F3NO7. The van der Waals surface area contributed by atoms with E-state index < -0.39 is 18.3 Å². The maximum Gasteiger partial charge on any atom is 0.573 e. The Morgan fingerprint density at radius 1 is 0.766 bits per heavy atom. The number of aromatic carboxylic acids is 1. The van der Waals surface area contributed by atoms with Crippen LogP contribution in [0.25, 0.3) is 11.1 Å². The van der Waals surface area contributed by atoms with Crippen molar-refractivity contribution in [2.45, 2.75) is 45.2 Å². The number of carbonyl (C=O) groups is 2. The molecule has 0 radical (unpaired) electrons. The monoisotopic (exact) mass is 651 g/mol. The lowest BCUT2D eigenvalue weighted by Crippen LogP contribution is -2.27. The van der Waals surface area contributed by atoms with Gasteiger partial charge < -0.3 is 24.4 Å². The summed E-state index contributed by atoms with van der Waals surface area (Å²) in [5, 5.41) is 18.2. The van der Waals surface area contributed by atoms with Crippen LogP contribution in [0.4, 0.5) is 13.2 Å². The Kier molecular flexibility index (Phi) is 12.2. The van der Waals surface area contributed by atoms with Gasteiger partial charge in [-0.2, -0.15) is 0 Å². The zero-order valence-electron chi connectivity index (χ0n) is 25.8. The zero-order chi connectivity index (χ0) is 33.8. The van der Waals surface area contributed by atoms with Crippen molar-refractivity contribution in [1.82, 2.24) is 4.90 Å². The molecular weight excluding hydrogens is 615 g/mol. The highest BCUT2D eigenvalue weighted by Gasteiger charge is 2.31. The number of aliphatic carboxylic acids is 1. The van der Waals surface area contributed by atoms with Gasteiger partial charge in [-0.3, -0.25) is 9.69 Å². The zero-order valence-corrected chi connectivity index (χ0v) is 25.8. The maximum absolute atomic E-state index is 13.1. The molecule has 0 aromatic heterocycles. The number of nitrogens with zero attached hydrogens (tertiary/aromatic N) is 1. The molecule has 0 bridgehead atoms. The molecule has 0 aliphatic carbocycles. The molecule has 248 valence electrons. The Balaban J connectivity index is 1.48. The smallest absolute Gasteiger partial charge is 0.497 e. The summed E-state index contributed by atoms with van der Waals surface area (Å²) in [5.41, 5.74) is 4.40. The van der Waals surface area contributed by atoms with Crippen molar-refractivity contribution in [3.63, 3.8) is 0 Å². The van der Waals surface area contributed by atoms with E-state index in [1.54, 1.807) is 19.2 Å². The minimum Gasteiger partial charge on any atom is -0.497 e. The normalized spacial score (nSPS) is 11.3. The molecule has 0 spiro atoms. The molecule has 0 unspecified atom stereocenters. The fourth-order valence-electron chi connectivity index (χ4n) is 5.00. The summed E-state index contributed by atoms with van der Waals surface area (Å²) in [6, 6.07) is 25.9. The molecule has 4 aromatic carbocycles. The lowest BCUT2D eigenvalue weighted by atomic mass is 10.0. The van der Waals surface area contributed by atoms with Gasteiger partial charge in [0.1, 0.15) is 23.9 Å². The molecule has 0 atom stereocenters. The van der Waals surface area contributed by atoms with Crippen LogP contribution in [0, 0.1) is 0 Å². The summed E-state index contributed by atoms with van der Waals surface area (Å²) in [7, 11) is 1.61. The lowest BCUT2D eigenvalue weighted by Gasteiger charge is -2.23. The molecule has 0 aliphatic rings. The van der Waals surface area contributed by atoms with Gasteiger partial charge in [0, 0.05) is 19.5 Å². The third-order valence-corrected chi connectivity index (χ3v) is 7.46. The van der Waals surface area contributed by atoms with Gasteiger partial charge in [0.2, 0.25) is 0 Å². The third kappa shape index (κ3) is 11.4. The number of hydrogen-bond donors (Lipinski definition) is 2. The quantitative estimate of drug-likeness (QED) is 0.111. The number of ether oxygens (including phenoxy) is 3. The first kappa shape index (κ1) is 34.8. The summed E-state index contributed by atoms with van der Waals surface area (Å²) < 4.78 is 54.7. The number of rotatable bonds is 17. The molecule has 0 fully saturated rings. The topological polar surface area (TPSA) is 106 Å². The molecule has 0 saturated carbocycles. The highest BCUT2D eigenvalue weighted by Crippen LogP contribution is 2.30. The van der Waals surface area contributed by atoms with Crippen molar-refractivity contribution >= 4 is 11.9 Å². The van der Waals surface area contributed by atoms with Crippen LogP contribution in [-0.4, -0.2) is 53.6 Å². The van der Waals surface area contributed by atoms with Crippen LogP contribution in [0.5, 0.6) is 17.2 Å². The fraction of sp³-hybridized carbons (Fsp3) is 0.278. The standard InChI is InChI=1S/C36H36F3NO7/c1-45-31-15-13-28(14-16-31)27-9-7-26(8-10-27)24-46-33-18-17-32(47-36(37,38)39)22-30(33)19-21-40(20-3-2-4-34(41)42)23-25-5-11-29(12-6-25)35(43)44/h5-18,22H,2-4,19-21,23-24H2,1H3,(H,41,42)(H,43,44). The van der Waals surface area contributed by atoms with E-state index in [0.29, 0.717) is 50.2 Å². The molecule has 0 aliphatic heterocycles. The lowest BCUT2D eigenvalue weighted by molar-refractivity contribution is -0.274. The average Bonchev–Trinajstić information content (AvgIpc) is 3.04. The van der Waals surface area contributed by atoms with Crippen molar-refractivity contribution < 1.29 is 47.2 Å². The average molecular weight is 652 g/mol. The summed E-state index contributed by atoms with van der Waals surface area (Å²) >= 11 is 0. The van der Waals surface area contributed by atoms with Crippen molar-refractivity contribution in [2.24, 2.45) is 0 Å². The van der Waals surface area contributed by atoms with Crippen molar-refractivity contribution in [3.05, 3.63) is 113 Å². The highest BCUT2D eigenvalue weighted by molar-refractivity contribution is 5.87. The molecule has 11 heteroatoms. The molecule has 8 nitrogen and oxygen atoms in total. The molecule has 2 N–H and O–H groups in total. The number of halogens is 3. The second-order valence-electron chi connectivity index (χ2n) is 10.9. The molecule has 0 heterocycles. The van der Waals surface area contributed by atoms with Gasteiger partial charge in [0.25, 0.3) is 0 Å². The number of carboxylic acids is 2. The molecule has 47 heavy (non-hydrogen) atoms. The van der Waals surface area contributed by atoms with Gasteiger partial charge >= 0.3 is 18.3 Å². The van der Waals surface area contributed by atoms with Crippen LogP contribution < -0.4 is 14.2 Å². The molecule has 4 aromatic rings. The Bertz CT molecular complexity index is 1610. The fourth-order valence-corrected chi connectivity index (χ4v) is 5.00. The van der Waals surface area contributed by atoms with Crippen LogP contribution in [0.15, 0.2) is 91.0 Å². The minimum absolute atomic E-state index is 0.0248. The van der Waals surface area contributed by atoms with Gasteiger partial charge in [-0.05, 0) is 96.1 Å². The number of carboxylic acid groups (broad SMARTS) is 2. The second kappa shape index (κ2) is 16.5. The predicted octanol–water partition coefficient (Wildman–Crippen LogP) is 7.84. The summed E-state index contributed by atoms with van der Waals surface area (Å²) in [4.78, 5) is 24.3. The van der Waals surface area contributed by atoms with E-state index in [1.165, 1.54) is 30.3 Å². The number of unbranched alkanes of at least 4 members (excludes halogenated alkanes) is 1. The van der Waals surface area contributed by atoms with Gasteiger partial charge in [-0.15, -0.1) is 13.2 Å². The predicted molar refractivity (Wildman–Crippen MR) is 170 cm³/mol. The van der Waals surface area contributed by atoms with E-state index >= 15 is 0 Å². The Labute approximate surface area is 270 Å². The minimum atomic E-state index is -4.86. The Morgan fingerprint density at radius 3 is 1.98 bits per heavy atom. The number of hydrogen-bond acceptors (Lipinski definition) is 6. The van der Waals surface area contributed by atoms with Crippen LogP contribution in [0.3, 0.4) is 0 Å². The second-order valence-corrected chi connectivity index (χ2v) is 10.9. The first-order valence-corrected chi connectivity index (χ1v) is 15.0. The highest BCUT2D eigenvalue weighted by atomic mass is 19.4. The van der Waals surface area contributed by atoms with E-state index in [0.717, 1.165) is 28.0 Å². The molecule has 0 saturated heterocycles. The van der Waals surface area contributed by atoms with E-state index in [4.69, 9.17) is 14.6 Å². The SMILES string of the molecule is COc1ccc(-c2ccc(COc3ccc(OC(F)(F)F)cc3CCN(CCCCC(=O)O)Cc3ccc(C(=O)O)cc3)cc2)cc1. The largest absolute Gasteiger partial charge is 0.573 e. The first-order chi connectivity index (χ1) is 22.5. The molecule has 0 amide bonds. The van der Waals surface area contributed by atoms with Gasteiger partial charge in [0.15, 0.2) is 0 Å². The summed E-state index contributed by atoms with van der Waals surface area (Å²) in [6.45, 7) is 1.56. The van der Waals surface area contributed by atoms with E-state index in [-0.39, 0.29) is 24.3 Å². The van der Waals surface area contributed by atoms with E-state index in [2.05, 4.69) is 9.64 Å². The van der Waals surface area contributed by atoms with E-state index in [1.807, 2.05) is 48.5 Å².